The molecule has 6 heteroatoms. The SMILES string of the molecule is COc1cccc(NC(C(=O)c2c[nH]c3cc(N4CCOCC4)ccc23)c2ccccc2)c1. The molecule has 1 aromatic heterocycles. The van der Waals surface area contributed by atoms with Crippen molar-refractivity contribution < 1.29 is 14.3 Å². The summed E-state index contributed by atoms with van der Waals surface area (Å²) in [6, 6.07) is 23.1. The number of benzene rings is 3. The molecular weight excluding hydrogens is 414 g/mol. The zero-order valence-electron chi connectivity index (χ0n) is 18.6. The van der Waals surface area contributed by atoms with E-state index in [1.807, 2.05) is 66.9 Å². The highest BCUT2D eigenvalue weighted by molar-refractivity contribution is 6.11. The normalized spacial score (nSPS) is 14.8. The van der Waals surface area contributed by atoms with Crippen LogP contribution >= 0.6 is 0 Å². The van der Waals surface area contributed by atoms with Crippen LogP contribution in [-0.2, 0) is 4.74 Å². The molecule has 0 bridgehead atoms. The first-order chi connectivity index (χ1) is 16.2. The molecule has 5 rings (SSSR count). The Balaban J connectivity index is 1.48. The number of nitrogens with zero attached hydrogens (tertiary/aromatic N) is 1. The van der Waals surface area contributed by atoms with E-state index in [9.17, 15) is 4.79 Å². The van der Waals surface area contributed by atoms with Gasteiger partial charge in [0.2, 0.25) is 0 Å². The molecule has 0 aliphatic carbocycles. The minimum Gasteiger partial charge on any atom is -0.497 e. The van der Waals surface area contributed by atoms with Gasteiger partial charge < -0.3 is 24.7 Å². The number of Topliss-reactive ketones (excluding diaryl/α,β-unsaturated/α-hetero) is 1. The van der Waals surface area contributed by atoms with Crippen LogP contribution in [0.4, 0.5) is 11.4 Å². The number of methoxy groups -OCH3 is 1. The molecule has 168 valence electrons. The number of aromatic nitrogens is 1. The van der Waals surface area contributed by atoms with Gasteiger partial charge in [0.25, 0.3) is 0 Å². The summed E-state index contributed by atoms with van der Waals surface area (Å²) in [5.74, 6) is 0.747. The maximum absolute atomic E-state index is 13.8. The number of ether oxygens (including phenoxy) is 2. The molecule has 0 radical (unpaired) electrons. The van der Waals surface area contributed by atoms with Crippen LogP contribution < -0.4 is 15.0 Å². The topological polar surface area (TPSA) is 66.6 Å². The van der Waals surface area contributed by atoms with Crippen LogP contribution in [0.3, 0.4) is 0 Å². The third kappa shape index (κ3) is 4.43. The molecule has 2 heterocycles. The Morgan fingerprint density at radius 3 is 2.64 bits per heavy atom. The minimum atomic E-state index is -0.531. The number of nitrogens with one attached hydrogen (secondary N) is 2. The molecule has 33 heavy (non-hydrogen) atoms. The predicted molar refractivity (Wildman–Crippen MR) is 131 cm³/mol. The summed E-state index contributed by atoms with van der Waals surface area (Å²) >= 11 is 0. The maximum atomic E-state index is 13.8. The van der Waals surface area contributed by atoms with Gasteiger partial charge in [-0.25, -0.2) is 0 Å². The lowest BCUT2D eigenvalue weighted by molar-refractivity contribution is 0.0971. The third-order valence-corrected chi connectivity index (χ3v) is 6.08. The number of H-pyrrole nitrogens is 1. The van der Waals surface area contributed by atoms with E-state index in [1.165, 1.54) is 0 Å². The van der Waals surface area contributed by atoms with Crippen molar-refractivity contribution in [1.82, 2.24) is 4.98 Å². The van der Waals surface area contributed by atoms with E-state index in [-0.39, 0.29) is 5.78 Å². The van der Waals surface area contributed by atoms with Crippen molar-refractivity contribution in [3.63, 3.8) is 0 Å². The van der Waals surface area contributed by atoms with Crippen LogP contribution in [0, 0.1) is 0 Å². The highest BCUT2D eigenvalue weighted by Crippen LogP contribution is 2.30. The standard InChI is InChI=1S/C27H27N3O3/c1-32-22-9-5-8-20(16-22)29-26(19-6-3-2-4-7-19)27(31)24-18-28-25-17-21(10-11-23(24)25)30-12-14-33-15-13-30/h2-11,16-18,26,28-29H,12-15H2,1H3. The first-order valence-corrected chi connectivity index (χ1v) is 11.2. The number of ketones is 1. The summed E-state index contributed by atoms with van der Waals surface area (Å²) in [5, 5.41) is 4.34. The van der Waals surface area contributed by atoms with E-state index >= 15 is 0 Å². The summed E-state index contributed by atoms with van der Waals surface area (Å²) in [7, 11) is 1.63. The van der Waals surface area contributed by atoms with E-state index in [1.54, 1.807) is 7.11 Å². The Bertz CT molecular complexity index is 1250. The molecule has 0 saturated carbocycles. The number of morpholine rings is 1. The fourth-order valence-corrected chi connectivity index (χ4v) is 4.32. The zero-order valence-corrected chi connectivity index (χ0v) is 18.6. The Kier molecular flexibility index (Phi) is 6.00. The highest BCUT2D eigenvalue weighted by atomic mass is 16.5. The molecule has 2 N–H and O–H groups in total. The summed E-state index contributed by atoms with van der Waals surface area (Å²) in [4.78, 5) is 19.4. The highest BCUT2D eigenvalue weighted by Gasteiger charge is 2.25. The lowest BCUT2D eigenvalue weighted by Crippen LogP contribution is -2.36. The Morgan fingerprint density at radius 1 is 1.03 bits per heavy atom. The van der Waals surface area contributed by atoms with Crippen LogP contribution in [0.5, 0.6) is 5.75 Å². The number of fused-ring (bicyclic) bond motifs is 1. The van der Waals surface area contributed by atoms with Gasteiger partial charge in [0.05, 0.1) is 20.3 Å². The van der Waals surface area contributed by atoms with E-state index in [0.29, 0.717) is 5.56 Å². The van der Waals surface area contributed by atoms with Crippen molar-refractivity contribution in [3.05, 3.63) is 90.1 Å². The summed E-state index contributed by atoms with van der Waals surface area (Å²) < 4.78 is 10.8. The first kappa shape index (κ1) is 21.1. The number of rotatable bonds is 7. The average Bonchev–Trinajstić information content (AvgIpc) is 3.31. The molecule has 6 nitrogen and oxygen atoms in total. The van der Waals surface area contributed by atoms with Crippen molar-refractivity contribution in [1.29, 1.82) is 0 Å². The molecule has 1 fully saturated rings. The van der Waals surface area contributed by atoms with Gasteiger partial charge in [0.15, 0.2) is 5.78 Å². The largest absolute Gasteiger partial charge is 0.497 e. The fraction of sp³-hybridized carbons (Fsp3) is 0.222. The van der Waals surface area contributed by atoms with Crippen molar-refractivity contribution in [3.8, 4) is 5.75 Å². The smallest absolute Gasteiger partial charge is 0.191 e. The molecule has 3 aromatic carbocycles. The second-order valence-corrected chi connectivity index (χ2v) is 8.12. The lowest BCUT2D eigenvalue weighted by atomic mass is 9.96. The maximum Gasteiger partial charge on any atom is 0.191 e. The van der Waals surface area contributed by atoms with Crippen LogP contribution in [0.1, 0.15) is 22.0 Å². The second kappa shape index (κ2) is 9.38. The summed E-state index contributed by atoms with van der Waals surface area (Å²) in [6.45, 7) is 3.22. The Hall–Kier alpha value is -3.77. The Morgan fingerprint density at radius 2 is 1.85 bits per heavy atom. The number of aromatic amines is 1. The molecule has 0 spiro atoms. The van der Waals surface area contributed by atoms with E-state index < -0.39 is 6.04 Å². The van der Waals surface area contributed by atoms with Gasteiger partial charge in [0, 0.05) is 53.2 Å². The van der Waals surface area contributed by atoms with E-state index in [4.69, 9.17) is 9.47 Å². The predicted octanol–water partition coefficient (Wildman–Crippen LogP) is 5.05. The number of carbonyl (C=O) groups is 1. The van der Waals surface area contributed by atoms with Crippen molar-refractivity contribution in [2.75, 3.05) is 43.6 Å². The number of anilines is 2. The summed E-state index contributed by atoms with van der Waals surface area (Å²) in [6.07, 6.45) is 1.82. The Labute approximate surface area is 193 Å². The van der Waals surface area contributed by atoms with Crippen LogP contribution in [0.25, 0.3) is 10.9 Å². The van der Waals surface area contributed by atoms with E-state index in [0.717, 1.165) is 59.9 Å². The van der Waals surface area contributed by atoms with Gasteiger partial charge in [-0.3, -0.25) is 4.79 Å². The van der Waals surface area contributed by atoms with Gasteiger partial charge in [-0.1, -0.05) is 42.5 Å². The summed E-state index contributed by atoms with van der Waals surface area (Å²) in [5.41, 5.74) is 4.50. The molecule has 4 aromatic rings. The quantitative estimate of drug-likeness (QED) is 0.393. The van der Waals surface area contributed by atoms with Crippen molar-refractivity contribution in [2.24, 2.45) is 0 Å². The average molecular weight is 442 g/mol. The van der Waals surface area contributed by atoms with Gasteiger partial charge >= 0.3 is 0 Å². The zero-order chi connectivity index (χ0) is 22.6. The molecule has 1 aliphatic heterocycles. The number of carbonyl (C=O) groups excluding carboxylic acids is 1. The van der Waals surface area contributed by atoms with Crippen LogP contribution in [-0.4, -0.2) is 44.2 Å². The molecule has 1 atom stereocenters. The molecule has 0 amide bonds. The number of hydrogen-bond donors (Lipinski definition) is 2. The van der Waals surface area contributed by atoms with Gasteiger partial charge in [-0.15, -0.1) is 0 Å². The van der Waals surface area contributed by atoms with Crippen LogP contribution in [0.15, 0.2) is 79.0 Å². The third-order valence-electron chi connectivity index (χ3n) is 6.08. The molecule has 1 unspecified atom stereocenters. The van der Waals surface area contributed by atoms with Gasteiger partial charge in [-0.2, -0.15) is 0 Å². The molecule has 1 aliphatic rings. The first-order valence-electron chi connectivity index (χ1n) is 11.2. The monoisotopic (exact) mass is 441 g/mol. The van der Waals surface area contributed by atoms with Crippen molar-refractivity contribution >= 4 is 28.1 Å². The van der Waals surface area contributed by atoms with Gasteiger partial charge in [0.1, 0.15) is 11.8 Å². The second-order valence-electron chi connectivity index (χ2n) is 8.12. The number of hydrogen-bond acceptors (Lipinski definition) is 5. The van der Waals surface area contributed by atoms with Crippen LogP contribution in [0.2, 0.25) is 0 Å². The fourth-order valence-electron chi connectivity index (χ4n) is 4.32. The van der Waals surface area contributed by atoms with Gasteiger partial charge in [-0.05, 0) is 29.8 Å². The molecular formula is C27H27N3O3. The minimum absolute atomic E-state index is 0.00870. The lowest BCUT2D eigenvalue weighted by Gasteiger charge is -2.28. The van der Waals surface area contributed by atoms with E-state index in [2.05, 4.69) is 27.3 Å². The molecule has 1 saturated heterocycles. The van der Waals surface area contributed by atoms with Crippen molar-refractivity contribution in [2.45, 2.75) is 6.04 Å².